The first-order valence-corrected chi connectivity index (χ1v) is 12.7. The van der Waals surface area contributed by atoms with Crippen molar-refractivity contribution in [1.29, 1.82) is 0 Å². The fourth-order valence-electron chi connectivity index (χ4n) is 6.79. The van der Waals surface area contributed by atoms with Gasteiger partial charge in [-0.25, -0.2) is 0 Å². The van der Waals surface area contributed by atoms with E-state index in [0.29, 0.717) is 22.1 Å². The lowest BCUT2D eigenvalue weighted by Gasteiger charge is -2.42. The third-order valence-electron chi connectivity index (χ3n) is 8.45. The summed E-state index contributed by atoms with van der Waals surface area (Å²) in [7, 11) is 0. The van der Waals surface area contributed by atoms with Crippen molar-refractivity contribution in [2.45, 2.75) is 32.1 Å². The predicted molar refractivity (Wildman–Crippen MR) is 136 cm³/mol. The van der Waals surface area contributed by atoms with E-state index in [1.807, 2.05) is 18.2 Å². The predicted octanol–water partition coefficient (Wildman–Crippen LogP) is 3.45. The number of rotatable bonds is 4. The van der Waals surface area contributed by atoms with Gasteiger partial charge in [-0.2, -0.15) is 0 Å². The molecule has 38 heavy (non-hydrogen) atoms. The molecule has 0 saturated carbocycles. The number of nitrogens with zero attached hydrogens (tertiary/aromatic N) is 1. The van der Waals surface area contributed by atoms with Crippen molar-refractivity contribution in [1.82, 2.24) is 4.90 Å². The van der Waals surface area contributed by atoms with Crippen LogP contribution < -0.4 is 0 Å². The van der Waals surface area contributed by atoms with Gasteiger partial charge >= 0.3 is 5.97 Å². The van der Waals surface area contributed by atoms with E-state index in [9.17, 15) is 29.1 Å². The number of amides is 2. The highest BCUT2D eigenvalue weighted by atomic mass is 16.4. The van der Waals surface area contributed by atoms with E-state index in [1.165, 1.54) is 6.08 Å². The number of phenolic OH excluding ortho intramolecular Hbond substituents is 1. The standard InChI is InChI=1S/C30H25NO7/c1-14-12-23(33)27-21(28(14)36)13-20-18(25(27)17-8-9-22(32)16-5-3-2-4-15(16)17)6-7-19-26(20)30(38)31(29(19)37)11-10-24(34)35/h2-6,8-9,12,19-20,25-26,32H,7,10-11,13H2,1H3,(H,34,35)/t19-,20+,25-,26-/m0/s1. The van der Waals surface area contributed by atoms with E-state index in [4.69, 9.17) is 5.11 Å². The second kappa shape index (κ2) is 8.62. The number of ketones is 2. The van der Waals surface area contributed by atoms with Gasteiger partial charge in [0.2, 0.25) is 11.8 Å². The Morgan fingerprint density at radius 2 is 1.74 bits per heavy atom. The lowest BCUT2D eigenvalue weighted by atomic mass is 9.59. The number of carbonyl (C=O) groups is 5. The molecule has 1 fully saturated rings. The van der Waals surface area contributed by atoms with Gasteiger partial charge in [0.25, 0.3) is 0 Å². The molecular formula is C30H25NO7. The largest absolute Gasteiger partial charge is 0.507 e. The minimum atomic E-state index is -1.10. The van der Waals surface area contributed by atoms with Crippen molar-refractivity contribution in [3.8, 4) is 5.75 Å². The van der Waals surface area contributed by atoms with Gasteiger partial charge in [-0.1, -0.05) is 42.0 Å². The Balaban J connectivity index is 1.53. The summed E-state index contributed by atoms with van der Waals surface area (Å²) in [5.41, 5.74) is 2.64. The maximum absolute atomic E-state index is 13.6. The Hall–Kier alpha value is -4.33. The summed E-state index contributed by atoms with van der Waals surface area (Å²) >= 11 is 0. The maximum Gasteiger partial charge on any atom is 0.305 e. The Morgan fingerprint density at radius 3 is 2.47 bits per heavy atom. The number of phenols is 1. The van der Waals surface area contributed by atoms with E-state index in [-0.39, 0.29) is 49.0 Å². The van der Waals surface area contributed by atoms with Crippen LogP contribution in [0.25, 0.3) is 10.8 Å². The molecule has 0 spiro atoms. The number of benzene rings is 2. The first-order chi connectivity index (χ1) is 18.2. The van der Waals surface area contributed by atoms with E-state index in [2.05, 4.69) is 0 Å². The number of hydrogen-bond acceptors (Lipinski definition) is 6. The normalized spacial score (nSPS) is 26.7. The topological polar surface area (TPSA) is 129 Å². The van der Waals surface area contributed by atoms with Gasteiger partial charge in [0, 0.05) is 34.6 Å². The van der Waals surface area contributed by atoms with E-state index in [1.54, 1.807) is 31.2 Å². The van der Waals surface area contributed by atoms with Crippen LogP contribution in [-0.4, -0.2) is 51.0 Å². The van der Waals surface area contributed by atoms with Crippen LogP contribution in [0.3, 0.4) is 0 Å². The van der Waals surface area contributed by atoms with Gasteiger partial charge in [0.05, 0.1) is 18.3 Å². The zero-order chi connectivity index (χ0) is 26.9. The van der Waals surface area contributed by atoms with Crippen LogP contribution in [0.1, 0.15) is 37.7 Å². The number of carboxylic acids is 1. The molecule has 1 aliphatic heterocycles. The number of Topliss-reactive ketones (excluding diaryl/α,β-unsaturated/α-hetero) is 1. The summed E-state index contributed by atoms with van der Waals surface area (Å²) in [5.74, 6) is -4.77. The average Bonchev–Trinajstić information content (AvgIpc) is 3.14. The zero-order valence-electron chi connectivity index (χ0n) is 20.6. The highest BCUT2D eigenvalue weighted by molar-refractivity contribution is 6.24. The van der Waals surface area contributed by atoms with Gasteiger partial charge in [-0.15, -0.1) is 0 Å². The molecule has 0 bridgehead atoms. The van der Waals surface area contributed by atoms with Gasteiger partial charge in [0.1, 0.15) is 5.75 Å². The van der Waals surface area contributed by atoms with Gasteiger partial charge in [-0.3, -0.25) is 28.9 Å². The SMILES string of the molecule is CC1=CC(=O)C2=C(C[C@@H]3C(=CC[C@@H]4C(=O)N(CCC(=O)O)C(=O)[C@@H]43)[C@@H]2c2ccc(O)c3ccccc23)C1=O. The third kappa shape index (κ3) is 3.40. The number of aliphatic carboxylic acids is 1. The number of carbonyl (C=O) groups excluding carboxylic acids is 4. The Bertz CT molecular complexity index is 1580. The lowest BCUT2D eigenvalue weighted by molar-refractivity contribution is -0.142. The highest BCUT2D eigenvalue weighted by Crippen LogP contribution is 2.56. The molecule has 2 aromatic carbocycles. The van der Waals surface area contributed by atoms with Crippen LogP contribution >= 0.6 is 0 Å². The number of carboxylic acid groups (broad SMARTS) is 1. The summed E-state index contributed by atoms with van der Waals surface area (Å²) in [6.45, 7) is 1.41. The van der Waals surface area contributed by atoms with Crippen molar-refractivity contribution in [2.24, 2.45) is 17.8 Å². The summed E-state index contributed by atoms with van der Waals surface area (Å²) in [6, 6.07) is 10.6. The minimum Gasteiger partial charge on any atom is -0.507 e. The molecule has 4 atom stereocenters. The second-order valence-corrected chi connectivity index (χ2v) is 10.4. The molecule has 2 N–H and O–H groups in total. The monoisotopic (exact) mass is 511 g/mol. The molecule has 2 amide bonds. The average molecular weight is 512 g/mol. The van der Waals surface area contributed by atoms with E-state index < -0.39 is 35.5 Å². The molecule has 0 radical (unpaired) electrons. The molecule has 1 heterocycles. The summed E-state index contributed by atoms with van der Waals surface area (Å²) in [6.07, 6.45) is 3.40. The second-order valence-electron chi connectivity index (χ2n) is 10.4. The fraction of sp³-hybridized carbons (Fsp3) is 0.300. The van der Waals surface area contributed by atoms with E-state index >= 15 is 0 Å². The Morgan fingerprint density at radius 1 is 1.00 bits per heavy atom. The number of likely N-dealkylation sites (tertiary alicyclic amines) is 1. The van der Waals surface area contributed by atoms with Crippen LogP contribution in [0.5, 0.6) is 5.75 Å². The minimum absolute atomic E-state index is 0.0935. The van der Waals surface area contributed by atoms with Crippen LogP contribution in [0.2, 0.25) is 0 Å². The number of imide groups is 1. The third-order valence-corrected chi connectivity index (χ3v) is 8.45. The first kappa shape index (κ1) is 24.0. The molecule has 8 heteroatoms. The van der Waals surface area contributed by atoms with Crippen LogP contribution in [0.4, 0.5) is 0 Å². The molecule has 4 aliphatic rings. The number of hydrogen-bond donors (Lipinski definition) is 2. The number of aromatic hydroxyl groups is 1. The molecule has 2 aromatic rings. The highest BCUT2D eigenvalue weighted by Gasteiger charge is 2.56. The first-order valence-electron chi connectivity index (χ1n) is 12.7. The quantitative estimate of drug-likeness (QED) is 0.365. The molecule has 3 aliphatic carbocycles. The number of allylic oxidation sites excluding steroid dienone is 6. The summed E-state index contributed by atoms with van der Waals surface area (Å²) < 4.78 is 0. The maximum atomic E-state index is 13.6. The van der Waals surface area contributed by atoms with Crippen LogP contribution in [0, 0.1) is 17.8 Å². The molecule has 0 unspecified atom stereocenters. The smallest absolute Gasteiger partial charge is 0.305 e. The molecule has 6 rings (SSSR count). The van der Waals surface area contributed by atoms with Crippen molar-refractivity contribution in [3.63, 3.8) is 0 Å². The zero-order valence-corrected chi connectivity index (χ0v) is 20.6. The summed E-state index contributed by atoms with van der Waals surface area (Å²) in [5, 5.41) is 21.0. The lowest BCUT2D eigenvalue weighted by Crippen LogP contribution is -2.40. The van der Waals surface area contributed by atoms with Crippen molar-refractivity contribution in [3.05, 3.63) is 76.4 Å². The van der Waals surface area contributed by atoms with Gasteiger partial charge in [-0.05, 0) is 48.8 Å². The van der Waals surface area contributed by atoms with Crippen molar-refractivity contribution >= 4 is 40.1 Å². The van der Waals surface area contributed by atoms with Gasteiger partial charge in [0.15, 0.2) is 11.6 Å². The Kier molecular flexibility index (Phi) is 5.45. The van der Waals surface area contributed by atoms with Gasteiger partial charge < -0.3 is 10.2 Å². The molecule has 8 nitrogen and oxygen atoms in total. The van der Waals surface area contributed by atoms with E-state index in [0.717, 1.165) is 21.4 Å². The number of fused-ring (bicyclic) bond motifs is 4. The van der Waals surface area contributed by atoms with Crippen molar-refractivity contribution in [2.75, 3.05) is 6.54 Å². The molecule has 192 valence electrons. The fourth-order valence-corrected chi connectivity index (χ4v) is 6.79. The summed E-state index contributed by atoms with van der Waals surface area (Å²) in [4.78, 5) is 65.7. The molecular weight excluding hydrogens is 486 g/mol. The molecule has 1 saturated heterocycles. The van der Waals surface area contributed by atoms with Crippen LogP contribution in [0.15, 0.2) is 70.8 Å². The van der Waals surface area contributed by atoms with Crippen molar-refractivity contribution < 1.29 is 34.2 Å². The molecule has 0 aromatic heterocycles. The van der Waals surface area contributed by atoms with Crippen LogP contribution in [-0.2, 0) is 24.0 Å². The Labute approximate surface area is 217 Å².